The topological polar surface area (TPSA) is 44.8 Å². The van der Waals surface area contributed by atoms with Crippen molar-refractivity contribution in [2.24, 2.45) is 5.41 Å². The quantitative estimate of drug-likeness (QED) is 0.160. The van der Waals surface area contributed by atoms with Crippen molar-refractivity contribution in [1.82, 2.24) is 0 Å². The largest absolute Gasteiger partial charge is 0.497 e. The summed E-state index contributed by atoms with van der Waals surface area (Å²) in [6.07, 6.45) is 1.70. The molecule has 0 aromatic heterocycles. The molecule has 0 amide bonds. The van der Waals surface area contributed by atoms with Gasteiger partial charge in [-0.15, -0.1) is 17.0 Å². The van der Waals surface area contributed by atoms with E-state index in [9.17, 15) is 4.79 Å². The molecule has 0 spiro atoms. The van der Waals surface area contributed by atoms with E-state index in [-0.39, 0.29) is 17.0 Å². The van der Waals surface area contributed by atoms with Crippen molar-refractivity contribution in [2.45, 2.75) is 20.8 Å². The Morgan fingerprint density at radius 2 is 1.76 bits per heavy atom. The first kappa shape index (κ1) is 17.9. The highest BCUT2D eigenvalue weighted by molar-refractivity contribution is 7.93. The normalized spacial score (nSPS) is 12.7. The third kappa shape index (κ3) is 4.98. The zero-order valence-corrected chi connectivity index (χ0v) is 14.5. The molecule has 21 heavy (non-hydrogen) atoms. The minimum atomic E-state index is -0.331. The highest BCUT2D eigenvalue weighted by Gasteiger charge is 2.26. The summed E-state index contributed by atoms with van der Waals surface area (Å²) >= 11 is 5.44. The molecule has 0 aliphatic carbocycles. The maximum atomic E-state index is 12.6. The van der Waals surface area contributed by atoms with Gasteiger partial charge in [0.2, 0.25) is 11.5 Å². The number of Topliss-reactive ketones (excluding diaryl/α,β-unsaturated/α-hetero) is 1. The van der Waals surface area contributed by atoms with Gasteiger partial charge in [0, 0.05) is 28.8 Å². The van der Waals surface area contributed by atoms with Crippen LogP contribution in [0, 0.1) is 5.41 Å². The highest BCUT2D eigenvalue weighted by atomic mass is 32.2. The van der Waals surface area contributed by atoms with Gasteiger partial charge in [-0.2, -0.15) is 0 Å². The minimum absolute atomic E-state index is 0.0883. The number of rotatable bonds is 6. The van der Waals surface area contributed by atoms with E-state index in [2.05, 4.69) is 12.6 Å². The van der Waals surface area contributed by atoms with Crippen LogP contribution in [-0.4, -0.2) is 19.1 Å². The molecule has 0 saturated carbocycles. The van der Waals surface area contributed by atoms with Crippen LogP contribution in [0.2, 0.25) is 0 Å². The molecule has 0 N–H and O–H groups in total. The summed E-state index contributed by atoms with van der Waals surface area (Å²) in [7, 11) is 1.57. The molecule has 1 rings (SSSR count). The van der Waals surface area contributed by atoms with Gasteiger partial charge < -0.3 is 9.62 Å². The van der Waals surface area contributed by atoms with Crippen molar-refractivity contribution < 1.29 is 18.8 Å². The maximum absolute atomic E-state index is 12.6. The number of hydrogen-bond acceptors (Lipinski definition) is 6. The second-order valence-electron chi connectivity index (χ2n) is 5.30. The van der Waals surface area contributed by atoms with Crippen molar-refractivity contribution in [2.75, 3.05) is 13.4 Å². The molecule has 0 bridgehead atoms. The standard InChI is InChI=1S/C15H20O4S2/c1-15(2,3)14(20)13(18-19-21-5)12(16)10-6-8-11(17-4)9-7-10/h6-9,20H,1-5H3/b14-13-. The molecule has 0 saturated heterocycles. The van der Waals surface area contributed by atoms with E-state index in [1.807, 2.05) is 20.8 Å². The fourth-order valence-electron chi connectivity index (χ4n) is 1.47. The van der Waals surface area contributed by atoms with Gasteiger partial charge in [-0.3, -0.25) is 4.79 Å². The fourth-order valence-corrected chi connectivity index (χ4v) is 1.74. The van der Waals surface area contributed by atoms with Crippen molar-refractivity contribution >= 4 is 30.5 Å². The van der Waals surface area contributed by atoms with E-state index in [4.69, 9.17) is 14.0 Å². The molecule has 0 aliphatic rings. The Balaban J connectivity index is 3.16. The van der Waals surface area contributed by atoms with E-state index in [0.29, 0.717) is 16.2 Å². The monoisotopic (exact) mass is 328 g/mol. The van der Waals surface area contributed by atoms with Crippen molar-refractivity contribution in [3.8, 4) is 5.75 Å². The van der Waals surface area contributed by atoms with Crippen LogP contribution >= 0.6 is 24.7 Å². The van der Waals surface area contributed by atoms with Gasteiger partial charge in [-0.05, 0) is 29.7 Å². The molecule has 1 aromatic carbocycles. The van der Waals surface area contributed by atoms with Gasteiger partial charge in [-0.25, -0.2) is 0 Å². The molecular formula is C15H20O4S2. The number of carbonyl (C=O) groups excluding carboxylic acids is 1. The number of methoxy groups -OCH3 is 1. The lowest BCUT2D eigenvalue weighted by Crippen LogP contribution is -2.15. The lowest BCUT2D eigenvalue weighted by Gasteiger charge is -2.21. The lowest BCUT2D eigenvalue weighted by atomic mass is 9.93. The van der Waals surface area contributed by atoms with Crippen LogP contribution in [0.1, 0.15) is 31.1 Å². The summed E-state index contributed by atoms with van der Waals surface area (Å²) in [6.45, 7) is 5.83. The third-order valence-electron chi connectivity index (χ3n) is 2.67. The van der Waals surface area contributed by atoms with Crippen molar-refractivity contribution in [3.05, 3.63) is 40.5 Å². The highest BCUT2D eigenvalue weighted by Crippen LogP contribution is 2.33. The van der Waals surface area contributed by atoms with E-state index in [0.717, 1.165) is 12.0 Å². The van der Waals surface area contributed by atoms with Crippen LogP contribution in [0.15, 0.2) is 34.9 Å². The van der Waals surface area contributed by atoms with E-state index >= 15 is 0 Å². The Kier molecular flexibility index (Phi) is 6.64. The summed E-state index contributed by atoms with van der Waals surface area (Å²) in [5, 5.41) is 0. The fraction of sp³-hybridized carbons (Fsp3) is 0.400. The zero-order chi connectivity index (χ0) is 16.0. The smallest absolute Gasteiger partial charge is 0.232 e. The van der Waals surface area contributed by atoms with E-state index < -0.39 is 0 Å². The zero-order valence-electron chi connectivity index (χ0n) is 12.8. The first-order chi connectivity index (χ1) is 9.81. The second kappa shape index (κ2) is 7.77. The van der Waals surface area contributed by atoms with Gasteiger partial charge in [0.05, 0.1) is 7.11 Å². The van der Waals surface area contributed by atoms with Crippen LogP contribution in [0.4, 0.5) is 0 Å². The summed E-state index contributed by atoms with van der Waals surface area (Å²) in [6, 6.07) is 6.78. The van der Waals surface area contributed by atoms with Crippen LogP contribution in [-0.2, 0) is 9.22 Å². The number of benzene rings is 1. The summed E-state index contributed by atoms with van der Waals surface area (Å²) in [4.78, 5) is 18.2. The summed E-state index contributed by atoms with van der Waals surface area (Å²) in [5.41, 5.74) is 0.147. The first-order valence-electron chi connectivity index (χ1n) is 6.31. The predicted octanol–water partition coefficient (Wildman–Crippen LogP) is 4.29. The molecule has 0 aliphatic heterocycles. The first-order valence-corrected chi connectivity index (χ1v) is 7.90. The minimum Gasteiger partial charge on any atom is -0.497 e. The number of ketones is 1. The van der Waals surface area contributed by atoms with Crippen molar-refractivity contribution in [1.29, 1.82) is 0 Å². The van der Waals surface area contributed by atoms with E-state index in [1.165, 1.54) is 0 Å². The molecule has 0 fully saturated rings. The molecule has 6 heteroatoms. The number of thiol groups is 1. The van der Waals surface area contributed by atoms with Crippen molar-refractivity contribution in [3.63, 3.8) is 0 Å². The van der Waals surface area contributed by atoms with Gasteiger partial charge in [0.15, 0.2) is 0 Å². The molecule has 0 radical (unpaired) electrons. The van der Waals surface area contributed by atoms with Gasteiger partial charge >= 0.3 is 0 Å². The molecule has 4 nitrogen and oxygen atoms in total. The Labute approximate surface area is 135 Å². The Hall–Kier alpha value is -1.11. The Bertz CT molecular complexity index is 515. The number of carbonyl (C=O) groups is 1. The van der Waals surface area contributed by atoms with Crippen LogP contribution in [0.5, 0.6) is 5.75 Å². The SMILES string of the molecule is COc1ccc(C(=O)/C(OOSC)=C(/S)C(C)(C)C)cc1. The average molecular weight is 328 g/mol. The number of hydrogen-bond donors (Lipinski definition) is 1. The Morgan fingerprint density at radius 3 is 2.19 bits per heavy atom. The maximum Gasteiger partial charge on any atom is 0.232 e. The molecule has 1 aromatic rings. The summed E-state index contributed by atoms with van der Waals surface area (Å²) < 4.78 is 9.94. The van der Waals surface area contributed by atoms with Gasteiger partial charge in [0.1, 0.15) is 5.75 Å². The summed E-state index contributed by atoms with van der Waals surface area (Å²) in [5.74, 6) is 0.484. The second-order valence-corrected chi connectivity index (χ2v) is 6.22. The average Bonchev–Trinajstić information content (AvgIpc) is 2.46. The van der Waals surface area contributed by atoms with Crippen LogP contribution < -0.4 is 4.74 Å². The molecule has 0 heterocycles. The Morgan fingerprint density at radius 1 is 1.19 bits per heavy atom. The molecule has 116 valence electrons. The third-order valence-corrected chi connectivity index (χ3v) is 3.75. The van der Waals surface area contributed by atoms with Gasteiger partial charge in [0.25, 0.3) is 0 Å². The molecule has 0 atom stereocenters. The number of ether oxygens (including phenoxy) is 1. The number of allylic oxidation sites excluding steroid dienone is 2. The van der Waals surface area contributed by atoms with Crippen LogP contribution in [0.3, 0.4) is 0 Å². The van der Waals surface area contributed by atoms with Gasteiger partial charge in [-0.1, -0.05) is 20.8 Å². The van der Waals surface area contributed by atoms with Crippen LogP contribution in [0.25, 0.3) is 0 Å². The lowest BCUT2D eigenvalue weighted by molar-refractivity contribution is -0.143. The van der Waals surface area contributed by atoms with E-state index in [1.54, 1.807) is 37.6 Å². The predicted molar refractivity (Wildman–Crippen MR) is 88.5 cm³/mol. The molecular weight excluding hydrogens is 308 g/mol. The molecule has 0 unspecified atom stereocenters.